The number of carbonyl (C=O) groups is 1. The zero-order valence-electron chi connectivity index (χ0n) is 24.7. The third-order valence-corrected chi connectivity index (χ3v) is 6.78. The molecule has 4 rings (SSSR count). The molecule has 1 unspecified atom stereocenters. The van der Waals surface area contributed by atoms with E-state index in [1.807, 2.05) is 54.7 Å². The lowest BCUT2D eigenvalue weighted by Gasteiger charge is -2.34. The number of pyridine rings is 1. The van der Waals surface area contributed by atoms with Crippen molar-refractivity contribution in [1.29, 1.82) is 10.8 Å². The number of hydrogen-bond acceptors (Lipinski definition) is 10. The molecule has 3 aromatic rings. The molecule has 2 N–H and O–H groups in total. The van der Waals surface area contributed by atoms with Crippen molar-refractivity contribution in [1.82, 2.24) is 34.8 Å². The summed E-state index contributed by atoms with van der Waals surface area (Å²) in [6, 6.07) is 4.20. The molecule has 41 heavy (non-hydrogen) atoms. The lowest BCUT2D eigenvalue weighted by Crippen LogP contribution is -2.46. The maximum atomic E-state index is 12.4. The number of nitrogens with zero attached hydrogens (tertiary/aromatic N) is 8. The van der Waals surface area contributed by atoms with Gasteiger partial charge in [0.25, 0.3) is 0 Å². The minimum absolute atomic E-state index is 0.100. The van der Waals surface area contributed by atoms with Gasteiger partial charge < -0.3 is 19.7 Å². The molecule has 0 spiro atoms. The van der Waals surface area contributed by atoms with Crippen LogP contribution in [0.25, 0.3) is 11.2 Å². The molecule has 4 heterocycles. The summed E-state index contributed by atoms with van der Waals surface area (Å²) in [5.41, 5.74) is 10.7. The van der Waals surface area contributed by atoms with E-state index in [-0.39, 0.29) is 18.2 Å². The summed E-state index contributed by atoms with van der Waals surface area (Å²) >= 11 is 0. The van der Waals surface area contributed by atoms with Crippen molar-refractivity contribution in [3.05, 3.63) is 47.2 Å². The number of likely N-dealkylation sites (tertiary alicyclic amines) is 1. The van der Waals surface area contributed by atoms with Gasteiger partial charge in [-0.05, 0) is 67.4 Å². The topological polar surface area (TPSA) is 159 Å². The quantitative estimate of drug-likeness (QED) is 0.353. The van der Waals surface area contributed by atoms with E-state index < -0.39 is 11.7 Å². The van der Waals surface area contributed by atoms with Gasteiger partial charge in [0.15, 0.2) is 0 Å². The molecule has 218 valence electrons. The van der Waals surface area contributed by atoms with E-state index in [9.17, 15) is 10.1 Å². The minimum atomic E-state index is -0.535. The van der Waals surface area contributed by atoms with Gasteiger partial charge in [-0.25, -0.2) is 19.5 Å². The average molecular weight is 563 g/mol. The van der Waals surface area contributed by atoms with E-state index in [0.29, 0.717) is 52.6 Å². The molecular formula is C28H38N10O3. The monoisotopic (exact) mass is 562 g/mol. The Bertz CT molecular complexity index is 1480. The van der Waals surface area contributed by atoms with Crippen LogP contribution in [0.4, 0.5) is 4.79 Å². The number of piperidine rings is 1. The van der Waals surface area contributed by atoms with Crippen LogP contribution in [-0.4, -0.2) is 60.3 Å². The molecule has 0 aliphatic carbocycles. The SMILES string of the molecule is C/C(NC1CCN(C(=O)OC(C)(C)C)CC1)=C(/N=N)c1cc(OC(C)c2cn(C(C)C)nn2)c2c(C#N)cnn2c1. The highest BCUT2D eigenvalue weighted by molar-refractivity contribution is 5.75. The maximum absolute atomic E-state index is 12.4. The van der Waals surface area contributed by atoms with Crippen molar-refractivity contribution in [3.63, 3.8) is 0 Å². The van der Waals surface area contributed by atoms with Crippen molar-refractivity contribution >= 4 is 17.3 Å². The number of carbonyl (C=O) groups excluding carboxylic acids is 1. The van der Waals surface area contributed by atoms with Gasteiger partial charge in [-0.1, -0.05) is 5.21 Å². The Labute approximate surface area is 239 Å². The molecule has 1 atom stereocenters. The molecule has 1 aliphatic rings. The van der Waals surface area contributed by atoms with Gasteiger partial charge in [0.05, 0.1) is 12.4 Å². The summed E-state index contributed by atoms with van der Waals surface area (Å²) in [6.07, 6.45) is 5.75. The number of rotatable bonds is 8. The van der Waals surface area contributed by atoms with E-state index in [2.05, 4.69) is 31.9 Å². The third kappa shape index (κ3) is 6.82. The lowest BCUT2D eigenvalue weighted by atomic mass is 10.0. The van der Waals surface area contributed by atoms with Gasteiger partial charge in [0.1, 0.15) is 46.0 Å². The molecular weight excluding hydrogens is 524 g/mol. The smallest absolute Gasteiger partial charge is 0.410 e. The van der Waals surface area contributed by atoms with Crippen LogP contribution in [0.15, 0.2) is 35.5 Å². The van der Waals surface area contributed by atoms with Crippen molar-refractivity contribution in [3.8, 4) is 11.8 Å². The number of fused-ring (bicyclic) bond motifs is 1. The van der Waals surface area contributed by atoms with Gasteiger partial charge in [0, 0.05) is 42.6 Å². The first-order chi connectivity index (χ1) is 19.4. The van der Waals surface area contributed by atoms with Crippen LogP contribution in [0.3, 0.4) is 0 Å². The van der Waals surface area contributed by atoms with Gasteiger partial charge in [-0.3, -0.25) is 0 Å². The second-order valence-electron chi connectivity index (χ2n) is 11.5. The summed E-state index contributed by atoms with van der Waals surface area (Å²) in [5, 5.41) is 29.8. The molecule has 0 radical (unpaired) electrons. The average Bonchev–Trinajstić information content (AvgIpc) is 3.56. The van der Waals surface area contributed by atoms with Gasteiger partial charge in [-0.2, -0.15) is 15.5 Å². The molecule has 1 amide bonds. The van der Waals surface area contributed by atoms with Crippen LogP contribution in [0.1, 0.15) is 90.3 Å². The molecule has 0 aromatic carbocycles. The van der Waals surface area contributed by atoms with Crippen LogP contribution in [0, 0.1) is 16.9 Å². The zero-order chi connectivity index (χ0) is 29.9. The number of allylic oxidation sites excluding steroid dienone is 1. The molecule has 1 saturated heterocycles. The van der Waals surface area contributed by atoms with Crippen LogP contribution >= 0.6 is 0 Å². The predicted octanol–water partition coefficient (Wildman–Crippen LogP) is 5.23. The Hall–Kier alpha value is -4.47. The highest BCUT2D eigenvalue weighted by atomic mass is 16.6. The Kier molecular flexibility index (Phi) is 8.60. The van der Waals surface area contributed by atoms with Gasteiger partial charge in [-0.15, -0.1) is 5.10 Å². The van der Waals surface area contributed by atoms with E-state index in [1.54, 1.807) is 26.4 Å². The molecule has 1 aliphatic heterocycles. The first kappa shape index (κ1) is 29.5. The van der Waals surface area contributed by atoms with E-state index >= 15 is 0 Å². The Morgan fingerprint density at radius 2 is 1.95 bits per heavy atom. The molecule has 0 saturated carbocycles. The van der Waals surface area contributed by atoms with E-state index in [0.717, 1.165) is 12.8 Å². The fourth-order valence-electron chi connectivity index (χ4n) is 4.64. The summed E-state index contributed by atoms with van der Waals surface area (Å²) in [5.74, 6) is 0.419. The van der Waals surface area contributed by atoms with Crippen LogP contribution in [0.5, 0.6) is 5.75 Å². The number of hydrogen-bond donors (Lipinski definition) is 2. The maximum Gasteiger partial charge on any atom is 0.410 e. The van der Waals surface area contributed by atoms with E-state index in [1.165, 1.54) is 6.20 Å². The summed E-state index contributed by atoms with van der Waals surface area (Å²) < 4.78 is 15.1. The Morgan fingerprint density at radius 1 is 1.24 bits per heavy atom. The fourth-order valence-corrected chi connectivity index (χ4v) is 4.64. The second-order valence-corrected chi connectivity index (χ2v) is 11.5. The van der Waals surface area contributed by atoms with Gasteiger partial charge in [0.2, 0.25) is 0 Å². The van der Waals surface area contributed by atoms with Crippen LogP contribution < -0.4 is 10.1 Å². The minimum Gasteiger partial charge on any atom is -0.482 e. The van der Waals surface area contributed by atoms with Crippen LogP contribution in [-0.2, 0) is 4.74 Å². The molecule has 1 fully saturated rings. The summed E-state index contributed by atoms with van der Waals surface area (Å²) in [7, 11) is 0. The molecule has 0 bridgehead atoms. The highest BCUT2D eigenvalue weighted by Gasteiger charge is 2.27. The highest BCUT2D eigenvalue weighted by Crippen LogP contribution is 2.32. The summed E-state index contributed by atoms with van der Waals surface area (Å²) in [6.45, 7) is 14.5. The first-order valence-corrected chi connectivity index (χ1v) is 13.7. The number of amides is 1. The second kappa shape index (κ2) is 12.0. The largest absolute Gasteiger partial charge is 0.482 e. The Balaban J connectivity index is 1.57. The third-order valence-electron chi connectivity index (χ3n) is 6.78. The van der Waals surface area contributed by atoms with Crippen molar-refractivity contribution in [2.24, 2.45) is 5.11 Å². The molecule has 13 nitrogen and oxygen atoms in total. The van der Waals surface area contributed by atoms with Gasteiger partial charge >= 0.3 is 6.09 Å². The van der Waals surface area contributed by atoms with E-state index in [4.69, 9.17) is 15.0 Å². The predicted molar refractivity (Wildman–Crippen MR) is 151 cm³/mol. The number of aromatic nitrogens is 5. The van der Waals surface area contributed by atoms with Crippen molar-refractivity contribution in [2.75, 3.05) is 13.1 Å². The standard InChI is InChI=1S/C28H38N10O3/c1-17(2)37-16-23(34-35-37)19(4)40-24-12-20(15-38-26(24)21(13-29)14-31-38)25(33-30)18(3)32-22-8-10-36(11-9-22)27(39)41-28(5,6)7/h12,14-17,19,22,30,32H,8-11H2,1-7H3/b25-18-,33-30?. The zero-order valence-corrected chi connectivity index (χ0v) is 24.7. The Morgan fingerprint density at radius 3 is 2.54 bits per heavy atom. The first-order valence-electron chi connectivity index (χ1n) is 13.7. The summed E-state index contributed by atoms with van der Waals surface area (Å²) in [4.78, 5) is 14.2. The van der Waals surface area contributed by atoms with Crippen molar-refractivity contribution in [2.45, 2.75) is 85.1 Å². The van der Waals surface area contributed by atoms with Crippen molar-refractivity contribution < 1.29 is 14.3 Å². The number of nitriles is 1. The number of nitrogens with one attached hydrogen (secondary N) is 2. The lowest BCUT2D eigenvalue weighted by molar-refractivity contribution is 0.0201. The normalized spacial score (nSPS) is 15.8. The van der Waals surface area contributed by atoms with Crippen LogP contribution in [0.2, 0.25) is 0 Å². The fraction of sp³-hybridized carbons (Fsp3) is 0.536. The number of ether oxygens (including phenoxy) is 2. The molecule has 13 heteroatoms. The molecule has 3 aromatic heterocycles.